The van der Waals surface area contributed by atoms with E-state index in [0.717, 1.165) is 16.7 Å². The summed E-state index contributed by atoms with van der Waals surface area (Å²) in [4.78, 5) is 4.36. The lowest BCUT2D eigenvalue weighted by atomic mass is 10.1. The highest BCUT2D eigenvalue weighted by Crippen LogP contribution is 2.17. The van der Waals surface area contributed by atoms with Crippen molar-refractivity contribution >= 4 is 16.7 Å². The highest BCUT2D eigenvalue weighted by molar-refractivity contribution is 5.78. The fraction of sp³-hybridized carbons (Fsp3) is 0.182. The maximum Gasteiger partial charge on any atom is 0.179 e. The first-order chi connectivity index (χ1) is 7.25. The smallest absolute Gasteiger partial charge is 0.179 e. The molecule has 2 heterocycles. The van der Waals surface area contributed by atoms with Gasteiger partial charge in [0.2, 0.25) is 0 Å². The van der Waals surface area contributed by atoms with Crippen LogP contribution in [0.4, 0.5) is 0 Å². The number of hydrogen-bond acceptors (Lipinski definition) is 3. The third kappa shape index (κ3) is 1.11. The zero-order valence-electron chi connectivity index (χ0n) is 8.60. The fourth-order valence-corrected chi connectivity index (χ4v) is 1.73. The molecule has 0 unspecified atom stereocenters. The molecule has 0 atom stereocenters. The molecule has 3 aromatic rings. The van der Waals surface area contributed by atoms with E-state index in [9.17, 15) is 0 Å². The summed E-state index contributed by atoms with van der Waals surface area (Å²) in [5.74, 6) is 0. The normalized spacial score (nSPS) is 11.3. The molecule has 0 aliphatic rings. The topological polar surface area (TPSA) is 43.1 Å². The minimum Gasteiger partial charge on any atom is -0.279 e. The van der Waals surface area contributed by atoms with Crippen LogP contribution in [-0.4, -0.2) is 19.6 Å². The van der Waals surface area contributed by atoms with Gasteiger partial charge in [-0.15, -0.1) is 10.2 Å². The van der Waals surface area contributed by atoms with Crippen molar-refractivity contribution in [2.24, 2.45) is 0 Å². The zero-order valence-corrected chi connectivity index (χ0v) is 8.60. The number of fused-ring (bicyclic) bond motifs is 3. The molecule has 0 bridgehead atoms. The van der Waals surface area contributed by atoms with Gasteiger partial charge in [-0.25, -0.2) is 0 Å². The third-order valence-corrected chi connectivity index (χ3v) is 2.74. The van der Waals surface area contributed by atoms with E-state index in [2.05, 4.69) is 41.2 Å². The van der Waals surface area contributed by atoms with Gasteiger partial charge < -0.3 is 0 Å². The van der Waals surface area contributed by atoms with E-state index in [1.807, 2.05) is 4.40 Å². The highest BCUT2D eigenvalue weighted by Gasteiger charge is 2.04. The Labute approximate surface area is 86.6 Å². The second kappa shape index (κ2) is 2.76. The van der Waals surface area contributed by atoms with Crippen molar-refractivity contribution in [3.05, 3.63) is 35.8 Å². The molecule has 0 fully saturated rings. The molecule has 74 valence electrons. The summed E-state index contributed by atoms with van der Waals surface area (Å²) >= 11 is 0. The quantitative estimate of drug-likeness (QED) is 0.554. The first-order valence-corrected chi connectivity index (χ1v) is 4.81. The van der Waals surface area contributed by atoms with E-state index < -0.39 is 0 Å². The van der Waals surface area contributed by atoms with Crippen LogP contribution in [-0.2, 0) is 0 Å². The molecular formula is C11H10N4. The number of nitrogens with zero attached hydrogens (tertiary/aromatic N) is 4. The molecule has 3 rings (SSSR count). The molecule has 0 spiro atoms. The molecular weight excluding hydrogens is 188 g/mol. The Bertz CT molecular complexity index is 654. The van der Waals surface area contributed by atoms with Gasteiger partial charge in [0, 0.05) is 0 Å². The van der Waals surface area contributed by atoms with Gasteiger partial charge in [-0.2, -0.15) is 0 Å². The molecule has 4 nitrogen and oxygen atoms in total. The molecule has 0 aliphatic heterocycles. The van der Waals surface area contributed by atoms with Crippen LogP contribution in [0.1, 0.15) is 11.1 Å². The molecule has 0 radical (unpaired) electrons. The van der Waals surface area contributed by atoms with Gasteiger partial charge >= 0.3 is 0 Å². The van der Waals surface area contributed by atoms with Gasteiger partial charge in [0.25, 0.3) is 0 Å². The fourth-order valence-electron chi connectivity index (χ4n) is 1.73. The van der Waals surface area contributed by atoms with Crippen LogP contribution in [0.2, 0.25) is 0 Å². The van der Waals surface area contributed by atoms with Crippen LogP contribution in [0.15, 0.2) is 24.7 Å². The number of aromatic nitrogens is 4. The number of rotatable bonds is 0. The average Bonchev–Trinajstić information content (AvgIpc) is 2.68. The van der Waals surface area contributed by atoms with Crippen LogP contribution < -0.4 is 0 Å². The Balaban J connectivity index is 2.57. The molecule has 0 N–H and O–H groups in total. The van der Waals surface area contributed by atoms with Crippen molar-refractivity contribution in [2.45, 2.75) is 13.8 Å². The number of aryl methyl sites for hydroxylation is 2. The summed E-state index contributed by atoms with van der Waals surface area (Å²) in [6.07, 6.45) is 3.46. The van der Waals surface area contributed by atoms with E-state index in [1.165, 1.54) is 11.1 Å². The van der Waals surface area contributed by atoms with Crippen LogP contribution >= 0.6 is 0 Å². The molecule has 1 aromatic carbocycles. The zero-order chi connectivity index (χ0) is 10.4. The SMILES string of the molecule is Cc1cc2ncc3nncn3c2cc1C. The Hall–Kier alpha value is -1.97. The monoisotopic (exact) mass is 198 g/mol. The van der Waals surface area contributed by atoms with E-state index in [4.69, 9.17) is 0 Å². The van der Waals surface area contributed by atoms with Gasteiger partial charge in [0.05, 0.1) is 17.2 Å². The van der Waals surface area contributed by atoms with Gasteiger partial charge in [-0.1, -0.05) is 0 Å². The Morgan fingerprint density at radius 2 is 1.93 bits per heavy atom. The minimum absolute atomic E-state index is 0.783. The van der Waals surface area contributed by atoms with Crippen LogP contribution in [0, 0.1) is 13.8 Å². The largest absolute Gasteiger partial charge is 0.279 e. The third-order valence-electron chi connectivity index (χ3n) is 2.74. The molecule has 0 saturated heterocycles. The average molecular weight is 198 g/mol. The lowest BCUT2D eigenvalue weighted by Crippen LogP contribution is -1.92. The number of hydrogen-bond donors (Lipinski definition) is 0. The van der Waals surface area contributed by atoms with Crippen molar-refractivity contribution in [2.75, 3.05) is 0 Å². The number of benzene rings is 1. The summed E-state index contributed by atoms with van der Waals surface area (Å²) in [7, 11) is 0. The van der Waals surface area contributed by atoms with Gasteiger partial charge in [-0.05, 0) is 37.1 Å². The van der Waals surface area contributed by atoms with Crippen LogP contribution in [0.5, 0.6) is 0 Å². The summed E-state index contributed by atoms with van der Waals surface area (Å²) in [6.45, 7) is 4.19. The Morgan fingerprint density at radius 1 is 1.13 bits per heavy atom. The standard InChI is InChI=1S/C11H10N4/c1-7-3-9-10(4-8(7)2)15-6-13-14-11(15)5-12-9/h3-6H,1-2H3. The Morgan fingerprint density at radius 3 is 2.80 bits per heavy atom. The van der Waals surface area contributed by atoms with Crippen molar-refractivity contribution in [1.29, 1.82) is 0 Å². The van der Waals surface area contributed by atoms with E-state index in [1.54, 1.807) is 12.5 Å². The molecule has 4 heteroatoms. The summed E-state index contributed by atoms with van der Waals surface area (Å²) in [6, 6.07) is 4.21. The first kappa shape index (κ1) is 8.35. The Kier molecular flexibility index (Phi) is 1.54. The van der Waals surface area contributed by atoms with Crippen molar-refractivity contribution in [3.8, 4) is 0 Å². The second-order valence-corrected chi connectivity index (χ2v) is 3.74. The second-order valence-electron chi connectivity index (χ2n) is 3.74. The maximum atomic E-state index is 4.36. The predicted molar refractivity (Wildman–Crippen MR) is 57.8 cm³/mol. The molecule has 15 heavy (non-hydrogen) atoms. The van der Waals surface area contributed by atoms with Crippen LogP contribution in [0.3, 0.4) is 0 Å². The van der Waals surface area contributed by atoms with E-state index in [-0.39, 0.29) is 0 Å². The molecule has 0 saturated carbocycles. The molecule has 2 aromatic heterocycles. The summed E-state index contributed by atoms with van der Waals surface area (Å²) < 4.78 is 1.95. The molecule has 0 amide bonds. The molecule has 0 aliphatic carbocycles. The van der Waals surface area contributed by atoms with Gasteiger partial charge in [0.15, 0.2) is 5.65 Å². The summed E-state index contributed by atoms with van der Waals surface area (Å²) in [5.41, 5.74) is 5.32. The minimum atomic E-state index is 0.783. The lowest BCUT2D eigenvalue weighted by molar-refractivity contribution is 1.11. The van der Waals surface area contributed by atoms with E-state index >= 15 is 0 Å². The summed E-state index contributed by atoms with van der Waals surface area (Å²) in [5, 5.41) is 7.85. The first-order valence-electron chi connectivity index (χ1n) is 4.81. The van der Waals surface area contributed by atoms with Crippen molar-refractivity contribution in [1.82, 2.24) is 19.6 Å². The highest BCUT2D eigenvalue weighted by atomic mass is 15.2. The van der Waals surface area contributed by atoms with Gasteiger partial charge in [-0.3, -0.25) is 9.38 Å². The lowest BCUT2D eigenvalue weighted by Gasteiger charge is -2.04. The van der Waals surface area contributed by atoms with Gasteiger partial charge in [0.1, 0.15) is 6.33 Å². The van der Waals surface area contributed by atoms with Crippen molar-refractivity contribution < 1.29 is 0 Å². The van der Waals surface area contributed by atoms with Crippen LogP contribution in [0.25, 0.3) is 16.7 Å². The maximum absolute atomic E-state index is 4.36. The van der Waals surface area contributed by atoms with Crippen molar-refractivity contribution in [3.63, 3.8) is 0 Å². The predicted octanol–water partition coefficient (Wildman–Crippen LogP) is 1.89. The van der Waals surface area contributed by atoms with E-state index in [0.29, 0.717) is 0 Å².